The van der Waals surface area contributed by atoms with Crippen molar-refractivity contribution >= 4 is 11.6 Å². The first kappa shape index (κ1) is 16.5. The van der Waals surface area contributed by atoms with E-state index < -0.39 is 12.4 Å². The number of hydrogen-bond donors (Lipinski definition) is 6. The summed E-state index contributed by atoms with van der Waals surface area (Å²) in [6.07, 6.45) is 0.0668. The maximum Gasteiger partial charge on any atom is 0.241 e. The highest BCUT2D eigenvalue weighted by Gasteiger charge is 2.13. The molecular weight excluding hydrogens is 260 g/mol. The summed E-state index contributed by atoms with van der Waals surface area (Å²) >= 11 is 0. The van der Waals surface area contributed by atoms with Crippen molar-refractivity contribution in [3.63, 3.8) is 0 Å². The second kappa shape index (κ2) is 8.62. The predicted octanol–water partition coefficient (Wildman–Crippen LogP) is -0.951. The number of nitrogens with one attached hydrogen (secondary N) is 2. The van der Waals surface area contributed by atoms with Crippen LogP contribution in [0, 0.1) is 0 Å². The van der Waals surface area contributed by atoms with Crippen LogP contribution in [0.4, 0.5) is 5.69 Å². The molecule has 7 nitrogen and oxygen atoms in total. The largest absolute Gasteiger partial charge is 0.392 e. The van der Waals surface area contributed by atoms with E-state index in [1.165, 1.54) is 0 Å². The average molecular weight is 282 g/mol. The molecule has 0 aliphatic carbocycles. The molecule has 0 aliphatic heterocycles. The van der Waals surface area contributed by atoms with E-state index in [1.807, 2.05) is 0 Å². The first-order chi connectivity index (χ1) is 9.52. The fraction of sp³-hybridized carbons (Fsp3) is 0.462. The van der Waals surface area contributed by atoms with Gasteiger partial charge in [0.25, 0.3) is 0 Å². The highest BCUT2D eigenvalue weighted by molar-refractivity contribution is 5.94. The van der Waals surface area contributed by atoms with Crippen LogP contribution in [0.2, 0.25) is 0 Å². The molecule has 20 heavy (non-hydrogen) atoms. The molecule has 1 aromatic carbocycles. The van der Waals surface area contributed by atoms with Gasteiger partial charge in [0.15, 0.2) is 6.35 Å². The van der Waals surface area contributed by atoms with E-state index in [4.69, 9.17) is 21.7 Å². The van der Waals surface area contributed by atoms with Crippen LogP contribution >= 0.6 is 0 Å². The van der Waals surface area contributed by atoms with Gasteiger partial charge in [0, 0.05) is 5.69 Å². The maximum atomic E-state index is 11.8. The topological polar surface area (TPSA) is 134 Å². The Balaban J connectivity index is 2.33. The van der Waals surface area contributed by atoms with Gasteiger partial charge in [-0.15, -0.1) is 0 Å². The van der Waals surface area contributed by atoms with Gasteiger partial charge in [-0.25, -0.2) is 0 Å². The van der Waals surface area contributed by atoms with Crippen molar-refractivity contribution in [3.8, 4) is 0 Å². The second-order valence-corrected chi connectivity index (χ2v) is 4.49. The maximum absolute atomic E-state index is 11.8. The lowest BCUT2D eigenvalue weighted by Crippen LogP contribution is -2.39. The molecular formula is C13H22N4O3. The molecule has 0 fully saturated rings. The van der Waals surface area contributed by atoms with Crippen LogP contribution in [-0.2, 0) is 11.4 Å². The molecule has 0 saturated heterocycles. The van der Waals surface area contributed by atoms with Gasteiger partial charge in [-0.3, -0.25) is 15.8 Å². The second-order valence-electron chi connectivity index (χ2n) is 4.49. The normalized spacial score (nSPS) is 13.8. The zero-order valence-corrected chi connectivity index (χ0v) is 11.2. The van der Waals surface area contributed by atoms with Crippen LogP contribution in [0.25, 0.3) is 0 Å². The molecule has 1 aromatic rings. The molecule has 0 spiro atoms. The van der Waals surface area contributed by atoms with Crippen molar-refractivity contribution in [3.05, 3.63) is 29.8 Å². The summed E-state index contributed by atoms with van der Waals surface area (Å²) < 4.78 is 0. The Labute approximate surface area is 118 Å². The van der Waals surface area contributed by atoms with Crippen LogP contribution in [-0.4, -0.2) is 35.1 Å². The number of nitrogens with two attached hydrogens (primary N) is 2. The first-order valence-corrected chi connectivity index (χ1v) is 6.46. The monoisotopic (exact) mass is 282 g/mol. The van der Waals surface area contributed by atoms with Gasteiger partial charge in [0.05, 0.1) is 12.6 Å². The van der Waals surface area contributed by atoms with Crippen molar-refractivity contribution < 1.29 is 15.0 Å². The van der Waals surface area contributed by atoms with Gasteiger partial charge >= 0.3 is 0 Å². The van der Waals surface area contributed by atoms with Gasteiger partial charge in [0.2, 0.25) is 5.91 Å². The number of rotatable bonds is 8. The van der Waals surface area contributed by atoms with Gasteiger partial charge in [-0.1, -0.05) is 12.1 Å². The summed E-state index contributed by atoms with van der Waals surface area (Å²) in [4.78, 5) is 11.8. The molecule has 2 atom stereocenters. The molecule has 0 bridgehead atoms. The first-order valence-electron chi connectivity index (χ1n) is 6.46. The molecule has 0 heterocycles. The number of carbonyl (C=O) groups excluding carboxylic acids is 1. The number of aliphatic hydroxyl groups is 2. The summed E-state index contributed by atoms with van der Waals surface area (Å²) in [5.74, 6) is -0.268. The van der Waals surface area contributed by atoms with Crippen LogP contribution in [0.3, 0.4) is 0 Å². The Bertz CT molecular complexity index is 409. The summed E-state index contributed by atoms with van der Waals surface area (Å²) in [7, 11) is 0. The molecule has 0 radical (unpaired) electrons. The smallest absolute Gasteiger partial charge is 0.241 e. The van der Waals surface area contributed by atoms with Gasteiger partial charge in [-0.2, -0.15) is 0 Å². The van der Waals surface area contributed by atoms with Crippen molar-refractivity contribution in [1.82, 2.24) is 5.32 Å². The average Bonchev–Trinajstić information content (AvgIpc) is 2.44. The van der Waals surface area contributed by atoms with E-state index in [0.717, 1.165) is 5.56 Å². The Morgan fingerprint density at radius 2 is 1.90 bits per heavy atom. The molecule has 1 amide bonds. The molecule has 8 N–H and O–H groups in total. The van der Waals surface area contributed by atoms with Crippen LogP contribution in [0.15, 0.2) is 24.3 Å². The summed E-state index contributed by atoms with van der Waals surface area (Å²) in [6, 6.07) is 6.26. The van der Waals surface area contributed by atoms with Crippen molar-refractivity contribution in [2.75, 3.05) is 11.9 Å². The number of amides is 1. The van der Waals surface area contributed by atoms with Crippen molar-refractivity contribution in [1.29, 1.82) is 0 Å². The molecule has 0 aromatic heterocycles. The third-order valence-electron chi connectivity index (χ3n) is 2.79. The minimum atomic E-state index is -1.05. The summed E-state index contributed by atoms with van der Waals surface area (Å²) in [5, 5.41) is 23.0. The predicted molar refractivity (Wildman–Crippen MR) is 76.4 cm³/mol. The van der Waals surface area contributed by atoms with E-state index in [1.54, 1.807) is 24.3 Å². The number of carbonyl (C=O) groups is 1. The molecule has 1 rings (SSSR count). The third-order valence-corrected chi connectivity index (χ3v) is 2.79. The molecule has 0 saturated carbocycles. The molecule has 1 unspecified atom stereocenters. The number of aliphatic hydroxyl groups excluding tert-OH is 2. The van der Waals surface area contributed by atoms with Crippen LogP contribution in [0.1, 0.15) is 18.4 Å². The highest BCUT2D eigenvalue weighted by atomic mass is 16.3. The third kappa shape index (κ3) is 6.09. The molecule has 112 valence electrons. The SMILES string of the molecule is NC(O)NCCC[C@H](N)C(=O)Nc1ccc(CO)cc1. The number of anilines is 1. The fourth-order valence-corrected chi connectivity index (χ4v) is 1.63. The van der Waals surface area contributed by atoms with Crippen molar-refractivity contribution in [2.24, 2.45) is 11.5 Å². The lowest BCUT2D eigenvalue weighted by atomic mass is 10.1. The highest BCUT2D eigenvalue weighted by Crippen LogP contribution is 2.10. The van der Waals surface area contributed by atoms with E-state index in [2.05, 4.69) is 10.6 Å². The summed E-state index contributed by atoms with van der Waals surface area (Å²) in [5.41, 5.74) is 12.3. The van der Waals surface area contributed by atoms with Gasteiger partial charge in [0.1, 0.15) is 0 Å². The van der Waals surface area contributed by atoms with Gasteiger partial charge in [-0.05, 0) is 37.1 Å². The van der Waals surface area contributed by atoms with E-state index in [0.29, 0.717) is 25.1 Å². The zero-order valence-electron chi connectivity index (χ0n) is 11.2. The van der Waals surface area contributed by atoms with E-state index in [9.17, 15) is 4.79 Å². The van der Waals surface area contributed by atoms with Crippen LogP contribution in [0.5, 0.6) is 0 Å². The zero-order chi connectivity index (χ0) is 15.0. The Hall–Kier alpha value is -1.51. The van der Waals surface area contributed by atoms with Crippen LogP contribution < -0.4 is 22.1 Å². The fourth-order valence-electron chi connectivity index (χ4n) is 1.63. The Morgan fingerprint density at radius 3 is 2.45 bits per heavy atom. The minimum Gasteiger partial charge on any atom is -0.392 e. The quantitative estimate of drug-likeness (QED) is 0.269. The summed E-state index contributed by atoms with van der Waals surface area (Å²) in [6.45, 7) is 0.456. The minimum absolute atomic E-state index is 0.0340. The standard InChI is InChI=1S/C13H22N4O3/c14-11(2-1-7-16-13(15)20)12(19)17-10-5-3-9(8-18)4-6-10/h3-6,11,13,16,18,20H,1-2,7-8,14-15H2,(H,17,19)/t11-,13?/m0/s1. The van der Waals surface area contributed by atoms with Crippen molar-refractivity contribution in [2.45, 2.75) is 31.8 Å². The number of benzene rings is 1. The Morgan fingerprint density at radius 1 is 1.25 bits per heavy atom. The Kier molecular flexibility index (Phi) is 7.13. The van der Waals surface area contributed by atoms with E-state index in [-0.39, 0.29) is 12.5 Å². The number of hydrogen-bond acceptors (Lipinski definition) is 6. The van der Waals surface area contributed by atoms with Gasteiger partial charge < -0.3 is 21.3 Å². The van der Waals surface area contributed by atoms with E-state index >= 15 is 0 Å². The molecule has 7 heteroatoms. The molecule has 0 aliphatic rings. The lowest BCUT2D eigenvalue weighted by molar-refractivity contribution is -0.117. The lowest BCUT2D eigenvalue weighted by Gasteiger charge is -2.13.